The van der Waals surface area contributed by atoms with E-state index >= 15 is 0 Å². The Morgan fingerprint density at radius 2 is 1.81 bits per heavy atom. The predicted octanol–water partition coefficient (Wildman–Crippen LogP) is 5.60. The number of para-hydroxylation sites is 1. The molecule has 0 unspecified atom stereocenters. The molecule has 162 valence electrons. The number of pyridine rings is 1. The Bertz CT molecular complexity index is 1200. The predicted molar refractivity (Wildman–Crippen MR) is 132 cm³/mol. The van der Waals surface area contributed by atoms with E-state index < -0.39 is 0 Å². The Labute approximate surface area is 192 Å². The molecule has 2 aromatic carbocycles. The number of benzene rings is 2. The van der Waals surface area contributed by atoms with Crippen LogP contribution in [0.3, 0.4) is 0 Å². The van der Waals surface area contributed by atoms with Gasteiger partial charge in [0, 0.05) is 52.7 Å². The number of hydrogen-bond donors (Lipinski definition) is 2. The first kappa shape index (κ1) is 20.7. The lowest BCUT2D eigenvalue weighted by molar-refractivity contribution is 0.352. The van der Waals surface area contributed by atoms with Crippen molar-refractivity contribution in [2.45, 2.75) is 12.8 Å². The maximum absolute atomic E-state index is 6.09. The van der Waals surface area contributed by atoms with Gasteiger partial charge in [-0.2, -0.15) is 0 Å². The van der Waals surface area contributed by atoms with Gasteiger partial charge < -0.3 is 15.5 Å². The van der Waals surface area contributed by atoms with Gasteiger partial charge in [0.2, 0.25) is 5.95 Å². The molecule has 0 aliphatic carbocycles. The van der Waals surface area contributed by atoms with Crippen molar-refractivity contribution in [2.24, 2.45) is 0 Å². The summed E-state index contributed by atoms with van der Waals surface area (Å²) in [6.45, 7) is 4.40. The zero-order valence-corrected chi connectivity index (χ0v) is 18.5. The summed E-state index contributed by atoms with van der Waals surface area (Å²) in [5, 5.41) is 8.31. The number of nitrogens with zero attached hydrogens (tertiary/aromatic N) is 4. The summed E-state index contributed by atoms with van der Waals surface area (Å²) in [7, 11) is 0. The highest BCUT2D eigenvalue weighted by molar-refractivity contribution is 6.30. The molecule has 2 aromatic heterocycles. The lowest BCUT2D eigenvalue weighted by Gasteiger charge is -2.15. The van der Waals surface area contributed by atoms with Crippen molar-refractivity contribution in [1.82, 2.24) is 19.9 Å². The fourth-order valence-corrected chi connectivity index (χ4v) is 4.24. The highest BCUT2D eigenvalue weighted by Crippen LogP contribution is 2.28. The van der Waals surface area contributed by atoms with Crippen LogP contribution >= 0.6 is 11.6 Å². The summed E-state index contributed by atoms with van der Waals surface area (Å²) in [5.74, 6) is 1.42. The van der Waals surface area contributed by atoms with Gasteiger partial charge in [0.1, 0.15) is 5.82 Å². The minimum atomic E-state index is 0.528. The number of fused-ring (bicyclic) bond motifs is 1. The Kier molecular flexibility index (Phi) is 6.14. The smallest absolute Gasteiger partial charge is 0.227 e. The first-order valence-electron chi connectivity index (χ1n) is 11.0. The lowest BCUT2D eigenvalue weighted by Crippen LogP contribution is -2.26. The number of nitrogens with one attached hydrogen (secondary N) is 2. The molecule has 0 amide bonds. The fourth-order valence-electron chi connectivity index (χ4n) is 4.05. The number of rotatable bonds is 7. The number of hydrogen-bond acceptors (Lipinski definition) is 6. The van der Waals surface area contributed by atoms with Gasteiger partial charge in [-0.05, 0) is 56.3 Å². The van der Waals surface area contributed by atoms with Crippen molar-refractivity contribution in [1.29, 1.82) is 0 Å². The van der Waals surface area contributed by atoms with E-state index in [4.69, 9.17) is 16.6 Å². The summed E-state index contributed by atoms with van der Waals surface area (Å²) in [6, 6.07) is 17.7. The third-order valence-corrected chi connectivity index (χ3v) is 5.93. The van der Waals surface area contributed by atoms with Gasteiger partial charge in [0.25, 0.3) is 0 Å². The van der Waals surface area contributed by atoms with Crippen LogP contribution in [0.5, 0.6) is 0 Å². The molecule has 3 heterocycles. The van der Waals surface area contributed by atoms with Crippen molar-refractivity contribution in [3.63, 3.8) is 0 Å². The first-order valence-corrected chi connectivity index (χ1v) is 11.3. The molecule has 1 fully saturated rings. The third-order valence-electron chi connectivity index (χ3n) is 5.70. The molecule has 32 heavy (non-hydrogen) atoms. The minimum Gasteiger partial charge on any atom is -0.369 e. The molecule has 1 saturated heterocycles. The van der Waals surface area contributed by atoms with Crippen LogP contribution in [0, 0.1) is 0 Å². The van der Waals surface area contributed by atoms with E-state index in [2.05, 4.69) is 37.6 Å². The third kappa shape index (κ3) is 4.82. The standard InChI is InChI=1S/C25H25ClN6/c26-20-6-4-7-21(15-20)30-25-29-17-19-5-3-8-22(24(19)31-25)18-9-10-23(28-16-18)27-11-14-32-12-1-2-13-32/h3-10,15-17H,1-2,11-14H2,(H,27,28)(H,29,30,31). The second kappa shape index (κ2) is 9.51. The molecule has 0 saturated carbocycles. The van der Waals surface area contributed by atoms with Gasteiger partial charge in [-0.15, -0.1) is 0 Å². The van der Waals surface area contributed by atoms with E-state index in [1.165, 1.54) is 25.9 Å². The van der Waals surface area contributed by atoms with Crippen LogP contribution in [0.25, 0.3) is 22.0 Å². The van der Waals surface area contributed by atoms with Gasteiger partial charge >= 0.3 is 0 Å². The van der Waals surface area contributed by atoms with Crippen LogP contribution in [-0.2, 0) is 0 Å². The summed E-state index contributed by atoms with van der Waals surface area (Å²) in [5.41, 5.74) is 3.77. The molecule has 7 heteroatoms. The fraction of sp³-hybridized carbons (Fsp3) is 0.240. The normalized spacial score (nSPS) is 14.0. The number of halogens is 1. The van der Waals surface area contributed by atoms with Gasteiger partial charge in [-0.3, -0.25) is 0 Å². The highest BCUT2D eigenvalue weighted by atomic mass is 35.5. The van der Waals surface area contributed by atoms with Gasteiger partial charge in [0.05, 0.1) is 5.52 Å². The monoisotopic (exact) mass is 444 g/mol. The van der Waals surface area contributed by atoms with E-state index in [0.717, 1.165) is 46.6 Å². The summed E-state index contributed by atoms with van der Waals surface area (Å²) < 4.78 is 0. The molecule has 4 aromatic rings. The maximum atomic E-state index is 6.09. The molecule has 5 rings (SSSR count). The zero-order valence-electron chi connectivity index (χ0n) is 17.8. The number of aromatic nitrogens is 3. The highest BCUT2D eigenvalue weighted by Gasteiger charge is 2.11. The first-order chi connectivity index (χ1) is 15.7. The van der Waals surface area contributed by atoms with Crippen LogP contribution in [0.15, 0.2) is 67.0 Å². The molecule has 2 N–H and O–H groups in total. The molecule has 0 atom stereocenters. The van der Waals surface area contributed by atoms with E-state index in [1.54, 1.807) is 0 Å². The molecule has 6 nitrogen and oxygen atoms in total. The Hall–Kier alpha value is -3.22. The number of anilines is 3. The summed E-state index contributed by atoms with van der Waals surface area (Å²) in [4.78, 5) is 16.3. The van der Waals surface area contributed by atoms with E-state index in [-0.39, 0.29) is 0 Å². The van der Waals surface area contributed by atoms with Gasteiger partial charge in [-0.1, -0.05) is 35.9 Å². The van der Waals surface area contributed by atoms with Gasteiger partial charge in [0.15, 0.2) is 0 Å². The average Bonchev–Trinajstić information content (AvgIpc) is 3.33. The van der Waals surface area contributed by atoms with Gasteiger partial charge in [-0.25, -0.2) is 15.0 Å². The second-order valence-corrected chi connectivity index (χ2v) is 8.42. The van der Waals surface area contributed by atoms with Crippen LogP contribution < -0.4 is 10.6 Å². The second-order valence-electron chi connectivity index (χ2n) is 7.98. The Morgan fingerprint density at radius 3 is 2.62 bits per heavy atom. The van der Waals surface area contributed by atoms with E-state index in [0.29, 0.717) is 11.0 Å². The molecule has 1 aliphatic rings. The molecule has 0 radical (unpaired) electrons. The molecular weight excluding hydrogens is 420 g/mol. The number of likely N-dealkylation sites (tertiary alicyclic amines) is 1. The topological polar surface area (TPSA) is 66.0 Å². The van der Waals surface area contributed by atoms with Crippen LogP contribution in [-0.4, -0.2) is 46.0 Å². The average molecular weight is 445 g/mol. The van der Waals surface area contributed by atoms with Crippen molar-refractivity contribution in [3.05, 3.63) is 72.0 Å². The summed E-state index contributed by atoms with van der Waals surface area (Å²) >= 11 is 6.09. The van der Waals surface area contributed by atoms with Crippen molar-refractivity contribution in [2.75, 3.05) is 36.8 Å². The molecular formula is C25H25ClN6. The largest absolute Gasteiger partial charge is 0.369 e. The van der Waals surface area contributed by atoms with Crippen molar-refractivity contribution < 1.29 is 0 Å². The molecule has 0 bridgehead atoms. The Morgan fingerprint density at radius 1 is 0.938 bits per heavy atom. The van der Waals surface area contributed by atoms with Crippen LogP contribution in [0.4, 0.5) is 17.5 Å². The Balaban J connectivity index is 1.34. The van der Waals surface area contributed by atoms with Crippen LogP contribution in [0.1, 0.15) is 12.8 Å². The van der Waals surface area contributed by atoms with Crippen molar-refractivity contribution in [3.8, 4) is 11.1 Å². The van der Waals surface area contributed by atoms with E-state index in [9.17, 15) is 0 Å². The molecule has 1 aliphatic heterocycles. The van der Waals surface area contributed by atoms with E-state index in [1.807, 2.05) is 54.9 Å². The minimum absolute atomic E-state index is 0.528. The zero-order chi connectivity index (χ0) is 21.8. The molecule has 0 spiro atoms. The quantitative estimate of drug-likeness (QED) is 0.387. The van der Waals surface area contributed by atoms with Crippen LogP contribution in [0.2, 0.25) is 5.02 Å². The van der Waals surface area contributed by atoms with Crippen molar-refractivity contribution >= 4 is 40.0 Å². The SMILES string of the molecule is Clc1cccc(Nc2ncc3cccc(-c4ccc(NCCN5CCCC5)nc4)c3n2)c1. The lowest BCUT2D eigenvalue weighted by atomic mass is 10.0. The maximum Gasteiger partial charge on any atom is 0.227 e. The summed E-state index contributed by atoms with van der Waals surface area (Å²) in [6.07, 6.45) is 6.37.